The molecule has 3 aromatic rings. The Hall–Kier alpha value is -2.20. The van der Waals surface area contributed by atoms with E-state index in [-0.39, 0.29) is 0 Å². The molecular weight excluding hydrogens is 341 g/mol. The highest BCUT2D eigenvalue weighted by atomic mass is 32.1. The molecule has 10 heteroatoms. The van der Waals surface area contributed by atoms with Crippen LogP contribution >= 0.6 is 11.3 Å². The lowest BCUT2D eigenvalue weighted by Crippen LogP contribution is -2.44. The summed E-state index contributed by atoms with van der Waals surface area (Å²) in [5.74, 6) is 0.698. The molecule has 0 aliphatic carbocycles. The average molecular weight is 354 g/mol. The van der Waals surface area contributed by atoms with Crippen LogP contribution in [0.1, 0.15) is 4.88 Å². The highest BCUT2D eigenvalue weighted by Crippen LogP contribution is 2.37. The van der Waals surface area contributed by atoms with E-state index in [0.29, 0.717) is 34.1 Å². The first kappa shape index (κ1) is 15.3. The summed E-state index contributed by atoms with van der Waals surface area (Å²) in [5.41, 5.74) is 1.55. The Kier molecular flexibility index (Phi) is 3.65. The fraction of sp³-hybridized carbons (Fsp3) is 0.357. The molecule has 1 fully saturated rings. The number of anilines is 1. The molecule has 1 saturated heterocycles. The maximum Gasteiger partial charge on any atom is 0.425 e. The minimum Gasteiger partial charge on any atom is -0.351 e. The first-order chi connectivity index (χ1) is 11.5. The van der Waals surface area contributed by atoms with Crippen molar-refractivity contribution >= 4 is 22.8 Å². The zero-order valence-electron chi connectivity index (χ0n) is 12.4. The third-order valence-electron chi connectivity index (χ3n) is 3.91. The van der Waals surface area contributed by atoms with E-state index in [0.717, 1.165) is 32.2 Å². The first-order valence-electron chi connectivity index (χ1n) is 7.34. The molecule has 4 heterocycles. The summed E-state index contributed by atoms with van der Waals surface area (Å²) in [6, 6.07) is 1.13. The standard InChI is InChI=1S/C14H13F3N6S/c15-14(16,17)11-5-9(7-24-11)10-6-19-12(13-21-20-8-23(10)13)22-3-1-18-2-4-22/h5-8,18H,1-4H2. The Bertz CT molecular complexity index is 865. The van der Waals surface area contributed by atoms with Gasteiger partial charge in [-0.05, 0) is 6.07 Å². The molecule has 0 atom stereocenters. The first-order valence-corrected chi connectivity index (χ1v) is 8.22. The van der Waals surface area contributed by atoms with Crippen LogP contribution in [0.2, 0.25) is 0 Å². The monoisotopic (exact) mass is 354 g/mol. The maximum absolute atomic E-state index is 12.8. The molecule has 0 amide bonds. The predicted octanol–water partition coefficient (Wildman–Crippen LogP) is 2.28. The molecule has 1 aliphatic heterocycles. The Morgan fingerprint density at radius 3 is 2.71 bits per heavy atom. The van der Waals surface area contributed by atoms with Crippen molar-refractivity contribution in [2.75, 3.05) is 31.1 Å². The molecule has 24 heavy (non-hydrogen) atoms. The van der Waals surface area contributed by atoms with Crippen molar-refractivity contribution < 1.29 is 13.2 Å². The normalized spacial score (nSPS) is 16.0. The SMILES string of the molecule is FC(F)(F)c1cc(-c2cnc(N3CCNCC3)c3nncn23)cs1. The minimum absolute atomic E-state index is 0.455. The Labute approximate surface area is 138 Å². The fourth-order valence-corrected chi connectivity index (χ4v) is 3.51. The van der Waals surface area contributed by atoms with Gasteiger partial charge in [-0.15, -0.1) is 21.5 Å². The van der Waals surface area contributed by atoms with Crippen LogP contribution in [-0.2, 0) is 6.18 Å². The van der Waals surface area contributed by atoms with Crippen molar-refractivity contribution in [1.29, 1.82) is 0 Å². The summed E-state index contributed by atoms with van der Waals surface area (Å²) in [4.78, 5) is 5.91. The molecular formula is C14H13F3N6S. The van der Waals surface area contributed by atoms with Gasteiger partial charge in [-0.25, -0.2) is 4.98 Å². The van der Waals surface area contributed by atoms with Gasteiger partial charge in [0.25, 0.3) is 0 Å². The van der Waals surface area contributed by atoms with E-state index in [1.165, 1.54) is 11.7 Å². The molecule has 0 spiro atoms. The molecule has 1 aliphatic rings. The van der Waals surface area contributed by atoms with Crippen LogP contribution < -0.4 is 10.2 Å². The van der Waals surface area contributed by atoms with Gasteiger partial charge < -0.3 is 10.2 Å². The predicted molar refractivity (Wildman–Crippen MR) is 84.2 cm³/mol. The second-order valence-corrected chi connectivity index (χ2v) is 6.34. The largest absolute Gasteiger partial charge is 0.425 e. The number of aromatic nitrogens is 4. The van der Waals surface area contributed by atoms with Gasteiger partial charge in [0, 0.05) is 37.1 Å². The molecule has 6 nitrogen and oxygen atoms in total. The van der Waals surface area contributed by atoms with Gasteiger partial charge in [-0.2, -0.15) is 13.2 Å². The molecule has 0 saturated carbocycles. The third-order valence-corrected chi connectivity index (χ3v) is 4.88. The van der Waals surface area contributed by atoms with Crippen molar-refractivity contribution in [2.45, 2.75) is 6.18 Å². The number of hydrogen-bond donors (Lipinski definition) is 1. The number of alkyl halides is 3. The molecule has 0 bridgehead atoms. The molecule has 0 unspecified atom stereocenters. The zero-order chi connectivity index (χ0) is 16.7. The number of nitrogens with one attached hydrogen (secondary N) is 1. The van der Waals surface area contributed by atoms with E-state index in [4.69, 9.17) is 0 Å². The van der Waals surface area contributed by atoms with Crippen molar-refractivity contribution in [3.8, 4) is 11.3 Å². The fourth-order valence-electron chi connectivity index (χ4n) is 2.74. The lowest BCUT2D eigenvalue weighted by molar-refractivity contribution is -0.134. The highest BCUT2D eigenvalue weighted by Gasteiger charge is 2.32. The Morgan fingerprint density at radius 1 is 1.21 bits per heavy atom. The third kappa shape index (κ3) is 2.61. The van der Waals surface area contributed by atoms with Crippen molar-refractivity contribution in [3.63, 3.8) is 0 Å². The van der Waals surface area contributed by atoms with Gasteiger partial charge in [0.05, 0.1) is 11.9 Å². The van der Waals surface area contributed by atoms with Crippen molar-refractivity contribution in [2.24, 2.45) is 0 Å². The molecule has 0 radical (unpaired) electrons. The summed E-state index contributed by atoms with van der Waals surface area (Å²) in [7, 11) is 0. The molecule has 1 N–H and O–H groups in total. The van der Waals surface area contributed by atoms with Crippen LogP contribution in [0.4, 0.5) is 19.0 Å². The number of rotatable bonds is 2. The number of halogens is 3. The number of thiophene rings is 1. The van der Waals surface area contributed by atoms with Crippen LogP contribution in [0.3, 0.4) is 0 Å². The minimum atomic E-state index is -4.34. The Morgan fingerprint density at radius 2 is 2.00 bits per heavy atom. The van der Waals surface area contributed by atoms with Crippen LogP contribution in [0.15, 0.2) is 24.0 Å². The zero-order valence-corrected chi connectivity index (χ0v) is 13.2. The smallest absolute Gasteiger partial charge is 0.351 e. The van der Waals surface area contributed by atoms with E-state index >= 15 is 0 Å². The second kappa shape index (κ2) is 5.71. The average Bonchev–Trinajstić information content (AvgIpc) is 3.24. The van der Waals surface area contributed by atoms with Gasteiger partial charge in [0.15, 0.2) is 5.82 Å². The van der Waals surface area contributed by atoms with E-state index in [9.17, 15) is 13.2 Å². The summed E-state index contributed by atoms with van der Waals surface area (Å²) >= 11 is 0.669. The van der Waals surface area contributed by atoms with Gasteiger partial charge in [0.2, 0.25) is 5.65 Å². The quantitative estimate of drug-likeness (QED) is 0.765. The lowest BCUT2D eigenvalue weighted by Gasteiger charge is -2.28. The summed E-state index contributed by atoms with van der Waals surface area (Å²) in [5, 5.41) is 12.8. The number of piperazine rings is 1. The summed E-state index contributed by atoms with van der Waals surface area (Å²) < 4.78 is 40.2. The molecule has 0 aromatic carbocycles. The summed E-state index contributed by atoms with van der Waals surface area (Å²) in [6.45, 7) is 3.30. The second-order valence-electron chi connectivity index (χ2n) is 5.43. The number of hydrogen-bond acceptors (Lipinski definition) is 6. The van der Waals surface area contributed by atoms with Crippen LogP contribution in [-0.4, -0.2) is 45.8 Å². The van der Waals surface area contributed by atoms with Crippen LogP contribution in [0.5, 0.6) is 0 Å². The number of nitrogens with zero attached hydrogens (tertiary/aromatic N) is 5. The molecule has 126 valence electrons. The van der Waals surface area contributed by atoms with E-state index in [2.05, 4.69) is 25.4 Å². The van der Waals surface area contributed by atoms with Crippen LogP contribution in [0, 0.1) is 0 Å². The topological polar surface area (TPSA) is 58.4 Å². The Balaban J connectivity index is 1.78. The van der Waals surface area contributed by atoms with Crippen molar-refractivity contribution in [1.82, 2.24) is 24.9 Å². The highest BCUT2D eigenvalue weighted by molar-refractivity contribution is 7.10. The van der Waals surface area contributed by atoms with E-state index in [1.54, 1.807) is 10.6 Å². The van der Waals surface area contributed by atoms with Gasteiger partial charge >= 0.3 is 6.18 Å². The lowest BCUT2D eigenvalue weighted by atomic mass is 10.2. The van der Waals surface area contributed by atoms with Crippen molar-refractivity contribution in [3.05, 3.63) is 28.8 Å². The van der Waals surface area contributed by atoms with Gasteiger partial charge in [-0.3, -0.25) is 4.40 Å². The number of fused-ring (bicyclic) bond motifs is 1. The van der Waals surface area contributed by atoms with Gasteiger partial charge in [0.1, 0.15) is 11.2 Å². The maximum atomic E-state index is 12.8. The van der Waals surface area contributed by atoms with Crippen LogP contribution in [0.25, 0.3) is 16.9 Å². The van der Waals surface area contributed by atoms with E-state index in [1.807, 2.05) is 0 Å². The molecule has 3 aromatic heterocycles. The summed E-state index contributed by atoms with van der Waals surface area (Å²) in [6.07, 6.45) is -1.26. The van der Waals surface area contributed by atoms with E-state index < -0.39 is 11.1 Å². The van der Waals surface area contributed by atoms with Gasteiger partial charge in [-0.1, -0.05) is 0 Å². The molecule has 4 rings (SSSR count).